The Morgan fingerprint density at radius 3 is 2.88 bits per heavy atom. The van der Waals surface area contributed by atoms with E-state index in [1.54, 1.807) is 7.11 Å². The summed E-state index contributed by atoms with van der Waals surface area (Å²) in [5, 5.41) is 5.18. The predicted molar refractivity (Wildman–Crippen MR) is 75.9 cm³/mol. The zero-order valence-electron chi connectivity index (χ0n) is 11.4. The van der Waals surface area contributed by atoms with Crippen LogP contribution in [0.4, 0.5) is 0 Å². The first-order chi connectivity index (χ1) is 8.13. The molecule has 0 radical (unpaired) electrons. The summed E-state index contributed by atoms with van der Waals surface area (Å²) in [4.78, 5) is 6.78. The summed E-state index contributed by atoms with van der Waals surface area (Å²) in [7, 11) is 3.85. The number of hydrogen-bond donors (Lipinski definition) is 1. The van der Waals surface area contributed by atoms with Crippen molar-refractivity contribution >= 4 is 16.9 Å². The highest BCUT2D eigenvalue weighted by Gasteiger charge is 2.21. The van der Waals surface area contributed by atoms with Gasteiger partial charge in [0.25, 0.3) is 0 Å². The quantitative estimate of drug-likeness (QED) is 0.747. The van der Waals surface area contributed by atoms with Crippen molar-refractivity contribution in [3.05, 3.63) is 0 Å². The van der Waals surface area contributed by atoms with Crippen LogP contribution in [0.2, 0.25) is 0 Å². The standard InChI is InChI=1S/C12H25N3OS/c1-10(2)11-9-14-12(17-11)13-5-6-15(3)7-8-16-4/h10-11H,5-9H2,1-4H3,(H,13,14). The van der Waals surface area contributed by atoms with Crippen LogP contribution >= 0.6 is 11.8 Å². The summed E-state index contributed by atoms with van der Waals surface area (Å²) in [6, 6.07) is 0. The van der Waals surface area contributed by atoms with Crippen LogP contribution in [0.5, 0.6) is 0 Å². The summed E-state index contributed by atoms with van der Waals surface area (Å²) in [6.45, 7) is 9.23. The van der Waals surface area contributed by atoms with Gasteiger partial charge in [0.2, 0.25) is 0 Å². The summed E-state index contributed by atoms with van der Waals surface area (Å²) in [5.74, 6) is 0.701. The lowest BCUT2D eigenvalue weighted by Gasteiger charge is -2.17. The van der Waals surface area contributed by atoms with Crippen molar-refractivity contribution in [1.29, 1.82) is 0 Å². The maximum absolute atomic E-state index is 5.04. The molecular formula is C12H25N3OS. The highest BCUT2D eigenvalue weighted by molar-refractivity contribution is 8.14. The summed E-state index contributed by atoms with van der Waals surface area (Å²) in [6.07, 6.45) is 0. The van der Waals surface area contributed by atoms with Crippen LogP contribution in [0.15, 0.2) is 4.99 Å². The molecule has 1 aliphatic heterocycles. The number of methoxy groups -OCH3 is 1. The Balaban J connectivity index is 2.08. The van der Waals surface area contributed by atoms with E-state index in [-0.39, 0.29) is 0 Å². The molecule has 0 amide bonds. The minimum Gasteiger partial charge on any atom is -0.383 e. The Morgan fingerprint density at radius 2 is 2.29 bits per heavy atom. The topological polar surface area (TPSA) is 36.9 Å². The number of ether oxygens (including phenoxy) is 1. The van der Waals surface area contributed by atoms with Crippen molar-refractivity contribution in [2.75, 3.05) is 46.9 Å². The second-order valence-corrected chi connectivity index (χ2v) is 6.00. The fourth-order valence-electron chi connectivity index (χ4n) is 1.55. The maximum atomic E-state index is 5.04. The van der Waals surface area contributed by atoms with E-state index in [9.17, 15) is 0 Å². The molecule has 100 valence electrons. The van der Waals surface area contributed by atoms with E-state index < -0.39 is 0 Å². The highest BCUT2D eigenvalue weighted by Crippen LogP contribution is 2.25. The van der Waals surface area contributed by atoms with Gasteiger partial charge < -0.3 is 15.0 Å². The molecule has 0 aliphatic carbocycles. The molecule has 1 N–H and O–H groups in total. The molecule has 0 aromatic rings. The van der Waals surface area contributed by atoms with Gasteiger partial charge in [0, 0.05) is 32.0 Å². The van der Waals surface area contributed by atoms with Gasteiger partial charge >= 0.3 is 0 Å². The van der Waals surface area contributed by atoms with E-state index in [1.165, 1.54) is 0 Å². The van der Waals surface area contributed by atoms with Gasteiger partial charge in [-0.05, 0) is 13.0 Å². The summed E-state index contributed by atoms with van der Waals surface area (Å²) >= 11 is 1.88. The molecule has 1 aliphatic rings. The SMILES string of the molecule is COCCN(C)CCNC1=NCC(C(C)C)S1. The molecule has 1 atom stereocenters. The molecule has 0 saturated heterocycles. The van der Waals surface area contributed by atoms with Crippen molar-refractivity contribution in [3.63, 3.8) is 0 Å². The Morgan fingerprint density at radius 1 is 1.53 bits per heavy atom. The number of hydrogen-bond acceptors (Lipinski definition) is 5. The Labute approximate surface area is 109 Å². The largest absolute Gasteiger partial charge is 0.383 e. The van der Waals surface area contributed by atoms with Gasteiger partial charge in [-0.2, -0.15) is 0 Å². The normalized spacial score (nSPS) is 20.1. The van der Waals surface area contributed by atoms with Crippen molar-refractivity contribution in [3.8, 4) is 0 Å². The van der Waals surface area contributed by atoms with Crippen LogP contribution in [0.3, 0.4) is 0 Å². The molecule has 5 heteroatoms. The highest BCUT2D eigenvalue weighted by atomic mass is 32.2. The van der Waals surface area contributed by atoms with Crippen LogP contribution in [0.25, 0.3) is 0 Å². The molecule has 17 heavy (non-hydrogen) atoms. The third kappa shape index (κ3) is 5.75. The number of nitrogens with zero attached hydrogens (tertiary/aromatic N) is 2. The minimum atomic E-state index is 0.656. The lowest BCUT2D eigenvalue weighted by molar-refractivity contribution is 0.162. The summed E-state index contributed by atoms with van der Waals surface area (Å²) in [5.41, 5.74) is 0. The van der Waals surface area contributed by atoms with Gasteiger partial charge in [-0.15, -0.1) is 0 Å². The molecule has 0 bridgehead atoms. The average Bonchev–Trinajstić information content (AvgIpc) is 2.75. The number of thioether (sulfide) groups is 1. The zero-order valence-corrected chi connectivity index (χ0v) is 12.2. The van der Waals surface area contributed by atoms with Gasteiger partial charge in [0.05, 0.1) is 13.2 Å². The van der Waals surface area contributed by atoms with E-state index in [1.807, 2.05) is 11.8 Å². The molecule has 4 nitrogen and oxygen atoms in total. The number of nitrogens with one attached hydrogen (secondary N) is 1. The molecule has 1 heterocycles. The van der Waals surface area contributed by atoms with E-state index in [2.05, 4.69) is 36.1 Å². The molecule has 1 rings (SSSR count). The van der Waals surface area contributed by atoms with Gasteiger partial charge in [-0.3, -0.25) is 4.99 Å². The molecule has 1 unspecified atom stereocenters. The third-order valence-corrected chi connectivity index (χ3v) is 4.36. The van der Waals surface area contributed by atoms with Gasteiger partial charge in [0.1, 0.15) is 0 Å². The zero-order chi connectivity index (χ0) is 12.7. The Bertz CT molecular complexity index is 246. The van der Waals surface area contributed by atoms with Crippen LogP contribution in [-0.4, -0.2) is 62.3 Å². The number of rotatable bonds is 7. The van der Waals surface area contributed by atoms with Crippen molar-refractivity contribution in [1.82, 2.24) is 10.2 Å². The first kappa shape index (κ1) is 14.8. The Kier molecular flexibility index (Phi) is 6.92. The number of aliphatic imine (C=N–C) groups is 1. The second-order valence-electron chi connectivity index (χ2n) is 4.77. The van der Waals surface area contributed by atoms with Crippen LogP contribution < -0.4 is 5.32 Å². The average molecular weight is 259 g/mol. The van der Waals surface area contributed by atoms with Gasteiger partial charge in [-0.1, -0.05) is 25.6 Å². The molecule has 0 fully saturated rings. The van der Waals surface area contributed by atoms with Crippen LogP contribution in [0, 0.1) is 5.92 Å². The Hall–Kier alpha value is -0.260. The first-order valence-corrected chi connectivity index (χ1v) is 7.14. The number of amidine groups is 1. The molecular weight excluding hydrogens is 234 g/mol. The third-order valence-electron chi connectivity index (χ3n) is 2.87. The fourth-order valence-corrected chi connectivity index (χ4v) is 2.59. The fraction of sp³-hybridized carbons (Fsp3) is 0.917. The van der Waals surface area contributed by atoms with Gasteiger partial charge in [-0.25, -0.2) is 0 Å². The molecule has 0 saturated carbocycles. The molecule has 0 aromatic heterocycles. The van der Waals surface area contributed by atoms with Gasteiger partial charge in [0.15, 0.2) is 5.17 Å². The lowest BCUT2D eigenvalue weighted by Crippen LogP contribution is -2.33. The second kappa shape index (κ2) is 7.95. The van der Waals surface area contributed by atoms with Crippen LogP contribution in [-0.2, 0) is 4.74 Å². The lowest BCUT2D eigenvalue weighted by atomic mass is 10.1. The molecule has 0 aromatic carbocycles. The first-order valence-electron chi connectivity index (χ1n) is 6.26. The maximum Gasteiger partial charge on any atom is 0.156 e. The number of likely N-dealkylation sites (N-methyl/N-ethyl adjacent to an activating group) is 1. The van der Waals surface area contributed by atoms with E-state index in [4.69, 9.17) is 4.74 Å². The van der Waals surface area contributed by atoms with E-state index >= 15 is 0 Å². The predicted octanol–water partition coefficient (Wildman–Crippen LogP) is 1.28. The van der Waals surface area contributed by atoms with Crippen LogP contribution in [0.1, 0.15) is 13.8 Å². The van der Waals surface area contributed by atoms with E-state index in [0.717, 1.165) is 38.0 Å². The van der Waals surface area contributed by atoms with Crippen molar-refractivity contribution in [2.45, 2.75) is 19.1 Å². The monoisotopic (exact) mass is 259 g/mol. The van der Waals surface area contributed by atoms with E-state index in [0.29, 0.717) is 11.2 Å². The minimum absolute atomic E-state index is 0.656. The smallest absolute Gasteiger partial charge is 0.156 e. The van der Waals surface area contributed by atoms with Crippen molar-refractivity contribution < 1.29 is 4.74 Å². The summed E-state index contributed by atoms with van der Waals surface area (Å²) < 4.78 is 5.04. The molecule has 0 spiro atoms. The van der Waals surface area contributed by atoms with Crippen molar-refractivity contribution in [2.24, 2.45) is 10.9 Å².